The van der Waals surface area contributed by atoms with Crippen molar-refractivity contribution in [1.29, 1.82) is 0 Å². The first-order valence-electron chi connectivity index (χ1n) is 9.11. The maximum atomic E-state index is 12.0. The number of carbonyl (C=O) groups is 1. The normalized spacial score (nSPS) is 16.7. The van der Waals surface area contributed by atoms with Crippen LogP contribution in [0.2, 0.25) is 0 Å². The molecular formula is C20H29NO5S. The van der Waals surface area contributed by atoms with E-state index in [0.717, 1.165) is 18.4 Å². The fourth-order valence-electron chi connectivity index (χ4n) is 2.73. The minimum atomic E-state index is -3.17. The van der Waals surface area contributed by atoms with Crippen molar-refractivity contribution >= 4 is 22.0 Å². The van der Waals surface area contributed by atoms with Crippen LogP contribution in [0.25, 0.3) is 6.08 Å². The van der Waals surface area contributed by atoms with Crippen molar-refractivity contribution in [1.82, 2.24) is 4.90 Å². The van der Waals surface area contributed by atoms with Crippen LogP contribution >= 0.6 is 0 Å². The van der Waals surface area contributed by atoms with Gasteiger partial charge in [-0.1, -0.05) is 24.3 Å². The Balaban J connectivity index is 1.72. The van der Waals surface area contributed by atoms with Crippen molar-refractivity contribution in [2.45, 2.75) is 50.2 Å². The molecule has 0 aromatic heterocycles. The van der Waals surface area contributed by atoms with Gasteiger partial charge in [-0.2, -0.15) is 0 Å². The molecule has 0 atom stereocenters. The molecule has 2 rings (SSSR count). The number of sulfone groups is 1. The molecule has 0 N–H and O–H groups in total. The molecule has 6 nitrogen and oxygen atoms in total. The second-order valence-electron chi connectivity index (χ2n) is 7.74. The summed E-state index contributed by atoms with van der Waals surface area (Å²) in [6.45, 7) is 7.34. The molecular weight excluding hydrogens is 366 g/mol. The number of hydrogen-bond acceptors (Lipinski definition) is 5. The lowest BCUT2D eigenvalue weighted by molar-refractivity contribution is -0.00464. The lowest BCUT2D eigenvalue weighted by atomic mass is 10.1. The zero-order valence-electron chi connectivity index (χ0n) is 16.5. The third-order valence-electron chi connectivity index (χ3n) is 4.14. The maximum absolute atomic E-state index is 12.0. The highest BCUT2D eigenvalue weighted by atomic mass is 32.2. The summed E-state index contributed by atoms with van der Waals surface area (Å²) < 4.78 is 34.1. The molecule has 0 radical (unpaired) electrons. The van der Waals surface area contributed by atoms with E-state index in [2.05, 4.69) is 0 Å². The predicted octanol–water partition coefficient (Wildman–Crippen LogP) is 3.52. The number of amides is 1. The Bertz CT molecular complexity index is 755. The number of hydrogen-bond donors (Lipinski definition) is 0. The number of nitrogens with zero attached hydrogens (tertiary/aromatic N) is 1. The van der Waals surface area contributed by atoms with Crippen LogP contribution in [0.4, 0.5) is 4.79 Å². The quantitative estimate of drug-likeness (QED) is 0.763. The summed E-state index contributed by atoms with van der Waals surface area (Å²) >= 11 is 0. The average molecular weight is 396 g/mol. The number of rotatable bonds is 5. The molecule has 1 fully saturated rings. The molecule has 1 aliphatic rings. The van der Waals surface area contributed by atoms with Crippen LogP contribution < -0.4 is 0 Å². The highest BCUT2D eigenvalue weighted by Crippen LogP contribution is 2.17. The van der Waals surface area contributed by atoms with E-state index in [1.807, 2.05) is 32.9 Å². The number of benzene rings is 1. The Morgan fingerprint density at radius 2 is 1.78 bits per heavy atom. The van der Waals surface area contributed by atoms with Crippen LogP contribution in [0.1, 0.15) is 39.2 Å². The van der Waals surface area contributed by atoms with E-state index in [1.54, 1.807) is 29.2 Å². The molecule has 0 unspecified atom stereocenters. The van der Waals surface area contributed by atoms with Crippen molar-refractivity contribution in [2.24, 2.45) is 0 Å². The Hall–Kier alpha value is -1.86. The summed E-state index contributed by atoms with van der Waals surface area (Å²) in [7, 11) is -3.17. The second kappa shape index (κ2) is 8.89. The van der Waals surface area contributed by atoms with Crippen LogP contribution in [0.3, 0.4) is 0 Å². The Morgan fingerprint density at radius 1 is 1.19 bits per heavy atom. The topological polar surface area (TPSA) is 72.9 Å². The average Bonchev–Trinajstić information content (AvgIpc) is 2.57. The predicted molar refractivity (Wildman–Crippen MR) is 105 cm³/mol. The summed E-state index contributed by atoms with van der Waals surface area (Å²) in [6, 6.07) is 6.74. The van der Waals surface area contributed by atoms with Crippen LogP contribution in [-0.4, -0.2) is 57.1 Å². The van der Waals surface area contributed by atoms with Crippen LogP contribution in [0.5, 0.6) is 0 Å². The molecule has 1 aromatic carbocycles. The summed E-state index contributed by atoms with van der Waals surface area (Å²) in [4.78, 5) is 14.1. The zero-order chi connectivity index (χ0) is 20.1. The van der Waals surface area contributed by atoms with E-state index in [9.17, 15) is 13.2 Å². The summed E-state index contributed by atoms with van der Waals surface area (Å²) in [5, 5.41) is 0. The molecule has 27 heavy (non-hydrogen) atoms. The number of ether oxygens (including phenoxy) is 2. The Kier molecular flexibility index (Phi) is 7.06. The minimum Gasteiger partial charge on any atom is -0.444 e. The van der Waals surface area contributed by atoms with Gasteiger partial charge in [0.15, 0.2) is 9.84 Å². The van der Waals surface area contributed by atoms with Gasteiger partial charge in [0.1, 0.15) is 5.60 Å². The largest absolute Gasteiger partial charge is 0.444 e. The number of piperidine rings is 1. The van der Waals surface area contributed by atoms with Crippen LogP contribution in [0.15, 0.2) is 35.2 Å². The van der Waals surface area contributed by atoms with E-state index in [4.69, 9.17) is 9.47 Å². The van der Waals surface area contributed by atoms with Gasteiger partial charge in [0, 0.05) is 19.3 Å². The minimum absolute atomic E-state index is 0.126. The van der Waals surface area contributed by atoms with Crippen molar-refractivity contribution in [3.05, 3.63) is 35.9 Å². The molecule has 1 aromatic rings. The fourth-order valence-corrected chi connectivity index (χ4v) is 3.36. The number of likely N-dealkylation sites (tertiary alicyclic amines) is 1. The second-order valence-corrected chi connectivity index (χ2v) is 9.76. The molecule has 1 amide bonds. The molecule has 0 saturated carbocycles. The van der Waals surface area contributed by atoms with Gasteiger partial charge in [0.25, 0.3) is 0 Å². The highest BCUT2D eigenvalue weighted by molar-refractivity contribution is 7.90. The molecule has 1 aliphatic heterocycles. The smallest absolute Gasteiger partial charge is 0.410 e. The lowest BCUT2D eigenvalue weighted by Crippen LogP contribution is -2.43. The van der Waals surface area contributed by atoms with Gasteiger partial charge in [0.05, 0.1) is 17.6 Å². The van der Waals surface area contributed by atoms with E-state index >= 15 is 0 Å². The molecule has 0 spiro atoms. The van der Waals surface area contributed by atoms with Gasteiger partial charge in [-0.25, -0.2) is 13.2 Å². The van der Waals surface area contributed by atoms with Gasteiger partial charge in [0.2, 0.25) is 0 Å². The highest BCUT2D eigenvalue weighted by Gasteiger charge is 2.26. The molecule has 150 valence electrons. The third kappa shape index (κ3) is 7.34. The molecule has 1 heterocycles. The van der Waals surface area contributed by atoms with Gasteiger partial charge in [-0.15, -0.1) is 0 Å². The lowest BCUT2D eigenvalue weighted by Gasteiger charge is -2.33. The molecule has 7 heteroatoms. The fraction of sp³-hybridized carbons (Fsp3) is 0.550. The monoisotopic (exact) mass is 395 g/mol. The number of carbonyl (C=O) groups excluding carboxylic acids is 1. The standard InChI is InChI=1S/C20H29NO5S/c1-20(2,3)26-19(22)21-13-11-17(12-14-21)25-15-5-6-16-7-9-18(10-8-16)27(4,23)24/h5-10,17H,11-15H2,1-4H3. The molecule has 0 aliphatic carbocycles. The van der Waals surface area contributed by atoms with Gasteiger partial charge in [-0.05, 0) is 51.3 Å². The zero-order valence-corrected chi connectivity index (χ0v) is 17.3. The third-order valence-corrected chi connectivity index (χ3v) is 5.27. The van der Waals surface area contributed by atoms with Crippen molar-refractivity contribution in [2.75, 3.05) is 26.0 Å². The van der Waals surface area contributed by atoms with E-state index < -0.39 is 15.4 Å². The SMILES string of the molecule is CC(C)(C)OC(=O)N1CCC(OCC=Cc2ccc(S(C)(=O)=O)cc2)CC1. The van der Waals surface area contributed by atoms with Crippen molar-refractivity contribution < 1.29 is 22.7 Å². The summed E-state index contributed by atoms with van der Waals surface area (Å²) in [5.41, 5.74) is 0.445. The summed E-state index contributed by atoms with van der Waals surface area (Å²) in [6.07, 6.45) is 6.45. The first kappa shape index (κ1) is 21.4. The molecule has 1 saturated heterocycles. The van der Waals surface area contributed by atoms with Crippen molar-refractivity contribution in [3.8, 4) is 0 Å². The van der Waals surface area contributed by atoms with E-state index in [-0.39, 0.29) is 12.2 Å². The van der Waals surface area contributed by atoms with Gasteiger partial charge < -0.3 is 14.4 Å². The van der Waals surface area contributed by atoms with E-state index in [1.165, 1.54) is 6.26 Å². The van der Waals surface area contributed by atoms with E-state index in [0.29, 0.717) is 24.6 Å². The molecule has 0 bridgehead atoms. The summed E-state index contributed by atoms with van der Waals surface area (Å²) in [5.74, 6) is 0. The maximum Gasteiger partial charge on any atom is 0.410 e. The first-order chi connectivity index (χ1) is 12.5. The Morgan fingerprint density at radius 3 is 2.30 bits per heavy atom. The first-order valence-corrected chi connectivity index (χ1v) is 11.0. The van der Waals surface area contributed by atoms with Gasteiger partial charge >= 0.3 is 6.09 Å². The van der Waals surface area contributed by atoms with Crippen molar-refractivity contribution in [3.63, 3.8) is 0 Å². The van der Waals surface area contributed by atoms with Crippen LogP contribution in [-0.2, 0) is 19.3 Å². The Labute approximate surface area is 162 Å². The van der Waals surface area contributed by atoms with Gasteiger partial charge in [-0.3, -0.25) is 0 Å². The van der Waals surface area contributed by atoms with Crippen LogP contribution in [0, 0.1) is 0 Å².